The first-order valence-corrected chi connectivity index (χ1v) is 4.67. The summed E-state index contributed by atoms with van der Waals surface area (Å²) < 4.78 is 4.65. The largest absolute Gasteiger partial charge is 0.434 e. The Kier molecular flexibility index (Phi) is 3.89. The summed E-state index contributed by atoms with van der Waals surface area (Å²) in [6.07, 6.45) is 6.95. The van der Waals surface area contributed by atoms with E-state index in [2.05, 4.69) is 10.8 Å². The van der Waals surface area contributed by atoms with E-state index in [1.807, 2.05) is 6.08 Å². The maximum atomic E-state index is 10.3. The van der Waals surface area contributed by atoms with Crippen LogP contribution in [0, 0.1) is 5.92 Å². The maximum absolute atomic E-state index is 10.3. The minimum absolute atomic E-state index is 0.208. The minimum Gasteiger partial charge on any atom is -0.434 e. The van der Waals surface area contributed by atoms with Gasteiger partial charge >= 0.3 is 5.43 Å². The summed E-state index contributed by atoms with van der Waals surface area (Å²) in [5, 5.41) is 0. The number of alkyl halides is 1. The molecule has 0 saturated carbocycles. The molecule has 0 heterocycles. The Morgan fingerprint density at radius 1 is 1.58 bits per heavy atom. The van der Waals surface area contributed by atoms with Crippen LogP contribution in [0.5, 0.6) is 0 Å². The standard InChI is InChI=1S/C8H10Cl2O2/c9-7(12-8(10)11)6-4-2-1-3-5-6/h1-2,6-7H,3-5H2. The van der Waals surface area contributed by atoms with E-state index < -0.39 is 11.0 Å². The van der Waals surface area contributed by atoms with Gasteiger partial charge in [-0.25, -0.2) is 4.79 Å². The van der Waals surface area contributed by atoms with Crippen molar-refractivity contribution in [2.75, 3.05) is 0 Å². The molecule has 0 radical (unpaired) electrons. The van der Waals surface area contributed by atoms with Crippen LogP contribution in [0.3, 0.4) is 0 Å². The number of allylic oxidation sites excluding steroid dienone is 2. The molecule has 0 spiro atoms. The Morgan fingerprint density at radius 2 is 2.33 bits per heavy atom. The fourth-order valence-electron chi connectivity index (χ4n) is 1.24. The molecule has 12 heavy (non-hydrogen) atoms. The number of hydrogen-bond acceptors (Lipinski definition) is 2. The van der Waals surface area contributed by atoms with Crippen LogP contribution in [0.15, 0.2) is 12.2 Å². The third-order valence-electron chi connectivity index (χ3n) is 1.89. The van der Waals surface area contributed by atoms with E-state index in [4.69, 9.17) is 23.2 Å². The van der Waals surface area contributed by atoms with Gasteiger partial charge in [0.05, 0.1) is 0 Å². The van der Waals surface area contributed by atoms with Crippen LogP contribution < -0.4 is 0 Å². The molecule has 68 valence electrons. The first kappa shape index (κ1) is 9.87. The molecule has 0 aromatic heterocycles. The van der Waals surface area contributed by atoms with Gasteiger partial charge in [0.25, 0.3) is 0 Å². The third kappa shape index (κ3) is 3.03. The molecular formula is C8H10Cl2O2. The van der Waals surface area contributed by atoms with E-state index in [9.17, 15) is 4.79 Å². The van der Waals surface area contributed by atoms with Gasteiger partial charge in [-0.1, -0.05) is 23.8 Å². The number of rotatable bonds is 2. The van der Waals surface area contributed by atoms with E-state index >= 15 is 0 Å². The molecule has 2 unspecified atom stereocenters. The lowest BCUT2D eigenvalue weighted by Gasteiger charge is -2.21. The Labute approximate surface area is 81.5 Å². The molecule has 0 N–H and O–H groups in total. The van der Waals surface area contributed by atoms with Crippen LogP contribution in [0.2, 0.25) is 0 Å². The maximum Gasteiger partial charge on any atom is 0.405 e. The quantitative estimate of drug-likeness (QED) is 0.396. The second kappa shape index (κ2) is 4.73. The average molecular weight is 209 g/mol. The Morgan fingerprint density at radius 3 is 2.83 bits per heavy atom. The zero-order valence-electron chi connectivity index (χ0n) is 6.50. The van der Waals surface area contributed by atoms with Crippen molar-refractivity contribution < 1.29 is 9.53 Å². The van der Waals surface area contributed by atoms with Crippen molar-refractivity contribution in [1.29, 1.82) is 0 Å². The smallest absolute Gasteiger partial charge is 0.405 e. The summed E-state index contributed by atoms with van der Waals surface area (Å²) in [5.41, 5.74) is -1.41. The third-order valence-corrected chi connectivity index (χ3v) is 2.42. The molecule has 4 heteroatoms. The van der Waals surface area contributed by atoms with Crippen molar-refractivity contribution >= 4 is 28.6 Å². The van der Waals surface area contributed by atoms with Gasteiger partial charge in [-0.3, -0.25) is 0 Å². The number of carbonyl (C=O) groups excluding carboxylic acids is 1. The SMILES string of the molecule is O=C(Cl)OC(Cl)C1CC=CCC1. The van der Waals surface area contributed by atoms with Crippen molar-refractivity contribution in [3.8, 4) is 0 Å². The first-order chi connectivity index (χ1) is 5.70. The van der Waals surface area contributed by atoms with E-state index in [1.54, 1.807) is 0 Å². The highest BCUT2D eigenvalue weighted by atomic mass is 35.5. The highest BCUT2D eigenvalue weighted by molar-refractivity contribution is 6.61. The Hall–Kier alpha value is -0.210. The molecule has 0 aromatic rings. The lowest BCUT2D eigenvalue weighted by Crippen LogP contribution is -2.20. The summed E-state index contributed by atoms with van der Waals surface area (Å²) in [6.45, 7) is 0. The van der Waals surface area contributed by atoms with Crippen LogP contribution in [0.1, 0.15) is 19.3 Å². The summed E-state index contributed by atoms with van der Waals surface area (Å²) in [5.74, 6) is 0.208. The second-order valence-corrected chi connectivity index (χ2v) is 3.49. The van der Waals surface area contributed by atoms with Crippen LogP contribution in [0.4, 0.5) is 4.79 Å². The van der Waals surface area contributed by atoms with Gasteiger partial charge in [0, 0.05) is 17.5 Å². The van der Waals surface area contributed by atoms with Gasteiger partial charge in [0.2, 0.25) is 0 Å². The Balaban J connectivity index is 2.35. The summed E-state index contributed by atoms with van der Waals surface area (Å²) in [6, 6.07) is 0. The van der Waals surface area contributed by atoms with Crippen molar-refractivity contribution in [1.82, 2.24) is 0 Å². The predicted octanol–water partition coefficient (Wildman–Crippen LogP) is 3.28. The van der Waals surface area contributed by atoms with Gasteiger partial charge < -0.3 is 4.74 Å². The van der Waals surface area contributed by atoms with Gasteiger partial charge in [0.15, 0.2) is 5.56 Å². The molecule has 0 aliphatic heterocycles. The second-order valence-electron chi connectivity index (χ2n) is 2.75. The van der Waals surface area contributed by atoms with Gasteiger partial charge in [-0.2, -0.15) is 0 Å². The molecule has 0 bridgehead atoms. The van der Waals surface area contributed by atoms with Crippen LogP contribution in [-0.4, -0.2) is 11.0 Å². The molecule has 0 fully saturated rings. The van der Waals surface area contributed by atoms with Crippen LogP contribution in [0.25, 0.3) is 0 Å². The van der Waals surface area contributed by atoms with Crippen molar-refractivity contribution in [2.45, 2.75) is 24.8 Å². The van der Waals surface area contributed by atoms with E-state index in [0.717, 1.165) is 19.3 Å². The normalized spacial score (nSPS) is 25.0. The Bertz CT molecular complexity index is 191. The average Bonchev–Trinajstić information content (AvgIpc) is 2.05. The number of ether oxygens (including phenoxy) is 1. The molecular weight excluding hydrogens is 199 g/mol. The van der Waals surface area contributed by atoms with Crippen LogP contribution in [-0.2, 0) is 4.74 Å². The summed E-state index contributed by atoms with van der Waals surface area (Å²) in [7, 11) is 0. The molecule has 2 nitrogen and oxygen atoms in total. The number of hydrogen-bond donors (Lipinski definition) is 0. The summed E-state index contributed by atoms with van der Waals surface area (Å²) >= 11 is 10.8. The molecule has 0 aromatic carbocycles. The van der Waals surface area contributed by atoms with Crippen molar-refractivity contribution in [3.05, 3.63) is 12.2 Å². The topological polar surface area (TPSA) is 26.3 Å². The molecule has 1 rings (SSSR count). The lowest BCUT2D eigenvalue weighted by atomic mass is 9.95. The molecule has 1 aliphatic rings. The van der Waals surface area contributed by atoms with Crippen LogP contribution >= 0.6 is 23.2 Å². The summed E-state index contributed by atoms with van der Waals surface area (Å²) in [4.78, 5) is 10.3. The molecule has 0 saturated heterocycles. The van der Waals surface area contributed by atoms with E-state index in [1.165, 1.54) is 0 Å². The number of carbonyl (C=O) groups is 1. The van der Waals surface area contributed by atoms with Gasteiger partial charge in [-0.15, -0.1) is 0 Å². The zero-order valence-corrected chi connectivity index (χ0v) is 8.02. The van der Waals surface area contributed by atoms with Crippen molar-refractivity contribution in [3.63, 3.8) is 0 Å². The fraction of sp³-hybridized carbons (Fsp3) is 0.625. The van der Waals surface area contributed by atoms with E-state index in [-0.39, 0.29) is 5.92 Å². The lowest BCUT2D eigenvalue weighted by molar-refractivity contribution is 0.126. The zero-order chi connectivity index (χ0) is 8.97. The highest BCUT2D eigenvalue weighted by Crippen LogP contribution is 2.26. The van der Waals surface area contributed by atoms with E-state index in [0.29, 0.717) is 0 Å². The van der Waals surface area contributed by atoms with Gasteiger partial charge in [0.1, 0.15) is 0 Å². The minimum atomic E-state index is -0.829. The van der Waals surface area contributed by atoms with Crippen molar-refractivity contribution in [2.24, 2.45) is 5.92 Å². The number of halogens is 2. The molecule has 2 atom stereocenters. The predicted molar refractivity (Wildman–Crippen MR) is 48.5 cm³/mol. The highest BCUT2D eigenvalue weighted by Gasteiger charge is 2.22. The monoisotopic (exact) mass is 208 g/mol. The first-order valence-electron chi connectivity index (χ1n) is 3.85. The van der Waals surface area contributed by atoms with Gasteiger partial charge in [-0.05, 0) is 19.3 Å². The fourth-order valence-corrected chi connectivity index (χ4v) is 1.69. The molecule has 0 amide bonds. The molecule has 1 aliphatic carbocycles.